The second-order valence-electron chi connectivity index (χ2n) is 7.87. The number of amides is 1. The van der Waals surface area contributed by atoms with Crippen molar-refractivity contribution in [2.75, 3.05) is 10.8 Å². The number of rotatable bonds is 6. The molecule has 3 rings (SSSR count). The number of benzene rings is 2. The third kappa shape index (κ3) is 5.38. The third-order valence-electron chi connectivity index (χ3n) is 5.46. The molecule has 0 aromatic heterocycles. The van der Waals surface area contributed by atoms with Crippen LogP contribution in [0.3, 0.4) is 0 Å². The van der Waals surface area contributed by atoms with Gasteiger partial charge in [0.15, 0.2) is 0 Å². The van der Waals surface area contributed by atoms with Crippen molar-refractivity contribution >= 4 is 21.6 Å². The Labute approximate surface area is 174 Å². The first-order chi connectivity index (χ1) is 13.9. The minimum atomic E-state index is -3.86. The monoisotopic (exact) mass is 414 g/mol. The molecule has 1 aliphatic rings. The molecule has 0 radical (unpaired) electrons. The van der Waals surface area contributed by atoms with E-state index in [0.29, 0.717) is 5.69 Å². The average molecular weight is 415 g/mol. The molecule has 1 amide bonds. The lowest BCUT2D eigenvalue weighted by Crippen LogP contribution is -2.44. The first-order valence-electron chi connectivity index (χ1n) is 10.3. The number of nitrogens with one attached hydrogen (secondary N) is 1. The maximum atomic E-state index is 13.4. The molecule has 156 valence electrons. The van der Waals surface area contributed by atoms with Crippen molar-refractivity contribution in [3.8, 4) is 0 Å². The van der Waals surface area contributed by atoms with E-state index in [1.165, 1.54) is 17.1 Å². The van der Waals surface area contributed by atoms with Crippen molar-refractivity contribution in [2.24, 2.45) is 0 Å². The Morgan fingerprint density at radius 2 is 1.66 bits per heavy atom. The summed E-state index contributed by atoms with van der Waals surface area (Å²) < 4.78 is 28.0. The molecule has 2 aromatic rings. The number of aryl methyl sites for hydroxylation is 2. The molecule has 6 heteroatoms. The molecule has 0 bridgehead atoms. The zero-order valence-corrected chi connectivity index (χ0v) is 18.0. The van der Waals surface area contributed by atoms with Crippen molar-refractivity contribution in [2.45, 2.75) is 63.3 Å². The molecule has 1 aliphatic carbocycles. The Morgan fingerprint density at radius 3 is 2.28 bits per heavy atom. The molecule has 1 saturated carbocycles. The second kappa shape index (κ2) is 9.44. The highest BCUT2D eigenvalue weighted by atomic mass is 32.2. The van der Waals surface area contributed by atoms with Gasteiger partial charge in [-0.3, -0.25) is 9.10 Å². The van der Waals surface area contributed by atoms with Crippen LogP contribution in [-0.2, 0) is 14.8 Å². The SMILES string of the molecule is Cc1ccc(N(CC(=O)NC2CCCCCC2)S(=O)(=O)c2ccccc2)c(C)c1. The Balaban J connectivity index is 1.89. The Kier molecular flexibility index (Phi) is 6.96. The maximum Gasteiger partial charge on any atom is 0.264 e. The average Bonchev–Trinajstić information content (AvgIpc) is 2.96. The minimum absolute atomic E-state index is 0.130. The van der Waals surface area contributed by atoms with Gasteiger partial charge < -0.3 is 5.32 Å². The van der Waals surface area contributed by atoms with Crippen LogP contribution in [0.2, 0.25) is 0 Å². The van der Waals surface area contributed by atoms with Crippen molar-refractivity contribution in [3.05, 3.63) is 59.7 Å². The zero-order valence-electron chi connectivity index (χ0n) is 17.2. The summed E-state index contributed by atoms with van der Waals surface area (Å²) in [6.45, 7) is 3.61. The molecular weight excluding hydrogens is 384 g/mol. The molecule has 0 heterocycles. The highest BCUT2D eigenvalue weighted by Gasteiger charge is 2.29. The lowest BCUT2D eigenvalue weighted by Gasteiger charge is -2.27. The molecule has 0 aliphatic heterocycles. The van der Waals surface area contributed by atoms with Crippen LogP contribution in [0.4, 0.5) is 5.69 Å². The van der Waals surface area contributed by atoms with Crippen molar-refractivity contribution in [1.82, 2.24) is 5.32 Å². The van der Waals surface area contributed by atoms with Crippen LogP contribution in [0.15, 0.2) is 53.4 Å². The van der Waals surface area contributed by atoms with E-state index >= 15 is 0 Å². The number of carbonyl (C=O) groups excluding carboxylic acids is 1. The van der Waals surface area contributed by atoms with E-state index in [1.807, 2.05) is 26.0 Å². The smallest absolute Gasteiger partial charge is 0.264 e. The van der Waals surface area contributed by atoms with Crippen LogP contribution in [0, 0.1) is 13.8 Å². The summed E-state index contributed by atoms with van der Waals surface area (Å²) in [6.07, 6.45) is 6.52. The van der Waals surface area contributed by atoms with Crippen LogP contribution in [0.25, 0.3) is 0 Å². The van der Waals surface area contributed by atoms with Crippen molar-refractivity contribution < 1.29 is 13.2 Å². The number of sulfonamides is 1. The van der Waals surface area contributed by atoms with Gasteiger partial charge in [-0.25, -0.2) is 8.42 Å². The third-order valence-corrected chi connectivity index (χ3v) is 7.23. The van der Waals surface area contributed by atoms with Gasteiger partial charge in [-0.15, -0.1) is 0 Å². The molecular formula is C23H30N2O3S. The lowest BCUT2D eigenvalue weighted by molar-refractivity contribution is -0.120. The summed E-state index contributed by atoms with van der Waals surface area (Å²) >= 11 is 0. The van der Waals surface area contributed by atoms with Gasteiger partial charge >= 0.3 is 0 Å². The summed E-state index contributed by atoms with van der Waals surface area (Å²) in [5.41, 5.74) is 2.41. The Hall–Kier alpha value is -2.34. The van der Waals surface area contributed by atoms with E-state index < -0.39 is 10.0 Å². The standard InChI is InChI=1S/C23H30N2O3S/c1-18-14-15-22(19(2)16-18)25(29(27,28)21-12-8-5-9-13-21)17-23(26)24-20-10-6-3-4-7-11-20/h5,8-9,12-16,20H,3-4,6-7,10-11,17H2,1-2H3,(H,24,26). The number of carbonyl (C=O) groups is 1. The normalized spacial score (nSPS) is 15.5. The van der Waals surface area contributed by atoms with E-state index in [9.17, 15) is 13.2 Å². The van der Waals surface area contributed by atoms with Crippen LogP contribution in [-0.4, -0.2) is 26.9 Å². The molecule has 0 saturated heterocycles. The van der Waals surface area contributed by atoms with E-state index in [2.05, 4.69) is 5.32 Å². The molecule has 5 nitrogen and oxygen atoms in total. The highest BCUT2D eigenvalue weighted by Crippen LogP contribution is 2.27. The summed E-state index contributed by atoms with van der Waals surface area (Å²) in [6, 6.07) is 14.0. The molecule has 1 N–H and O–H groups in total. The zero-order chi connectivity index (χ0) is 20.9. The van der Waals surface area contributed by atoms with Crippen molar-refractivity contribution in [1.29, 1.82) is 0 Å². The number of hydrogen-bond acceptors (Lipinski definition) is 3. The van der Waals surface area contributed by atoms with Crippen LogP contribution in [0.5, 0.6) is 0 Å². The summed E-state index contributed by atoms with van der Waals surface area (Å²) in [5, 5.41) is 3.07. The van der Waals surface area contributed by atoms with Gasteiger partial charge in [0.2, 0.25) is 5.91 Å². The second-order valence-corrected chi connectivity index (χ2v) is 9.73. The summed E-state index contributed by atoms with van der Waals surface area (Å²) in [5.74, 6) is -0.253. The largest absolute Gasteiger partial charge is 0.352 e. The fraction of sp³-hybridized carbons (Fsp3) is 0.435. The molecule has 0 atom stereocenters. The first-order valence-corrected chi connectivity index (χ1v) is 11.8. The number of anilines is 1. The van der Waals surface area contributed by atoms with Gasteiger partial charge in [-0.05, 0) is 50.5 Å². The fourth-order valence-corrected chi connectivity index (χ4v) is 5.44. The highest BCUT2D eigenvalue weighted by molar-refractivity contribution is 7.92. The van der Waals surface area contributed by atoms with Crippen LogP contribution < -0.4 is 9.62 Å². The van der Waals surface area contributed by atoms with Crippen LogP contribution in [0.1, 0.15) is 49.7 Å². The van der Waals surface area contributed by atoms with Crippen molar-refractivity contribution in [3.63, 3.8) is 0 Å². The molecule has 29 heavy (non-hydrogen) atoms. The van der Waals surface area contributed by atoms with Crippen LogP contribution >= 0.6 is 0 Å². The summed E-state index contributed by atoms with van der Waals surface area (Å²) in [7, 11) is -3.86. The van der Waals surface area contributed by atoms with Gasteiger partial charge in [0.05, 0.1) is 10.6 Å². The van der Waals surface area contributed by atoms with Gasteiger partial charge in [0.25, 0.3) is 10.0 Å². The number of hydrogen-bond donors (Lipinski definition) is 1. The van der Waals surface area contributed by atoms with Gasteiger partial charge in [-0.1, -0.05) is 61.6 Å². The van der Waals surface area contributed by atoms with Gasteiger partial charge in [-0.2, -0.15) is 0 Å². The van der Waals surface area contributed by atoms with E-state index in [-0.39, 0.29) is 23.4 Å². The van der Waals surface area contributed by atoms with E-state index in [1.54, 1.807) is 36.4 Å². The first kappa shape index (κ1) is 21.4. The minimum Gasteiger partial charge on any atom is -0.352 e. The quantitative estimate of drug-likeness (QED) is 0.715. The summed E-state index contributed by atoms with van der Waals surface area (Å²) in [4.78, 5) is 13.0. The Morgan fingerprint density at radius 1 is 1.00 bits per heavy atom. The van der Waals surface area contributed by atoms with E-state index in [4.69, 9.17) is 0 Å². The lowest BCUT2D eigenvalue weighted by atomic mass is 10.1. The molecule has 1 fully saturated rings. The van der Waals surface area contributed by atoms with Gasteiger partial charge in [0, 0.05) is 6.04 Å². The molecule has 0 spiro atoms. The topological polar surface area (TPSA) is 66.5 Å². The maximum absolute atomic E-state index is 13.4. The Bertz CT molecular complexity index is 934. The fourth-order valence-electron chi connectivity index (χ4n) is 3.93. The number of nitrogens with zero attached hydrogens (tertiary/aromatic N) is 1. The van der Waals surface area contributed by atoms with Gasteiger partial charge in [0.1, 0.15) is 6.54 Å². The molecule has 0 unspecified atom stereocenters. The van der Waals surface area contributed by atoms with E-state index in [0.717, 1.165) is 36.8 Å². The molecule has 2 aromatic carbocycles. The predicted octanol–water partition coefficient (Wildman–Crippen LogP) is 4.34. The predicted molar refractivity (Wildman–Crippen MR) is 117 cm³/mol.